The number of methoxy groups -OCH3 is 3. The number of hydrogen-bond acceptors (Lipinski definition) is 7. The summed E-state index contributed by atoms with van der Waals surface area (Å²) in [6.45, 7) is -0.0817. The molecule has 1 N–H and O–H groups in total. The maximum Gasteiger partial charge on any atom is 0.246 e. The van der Waals surface area contributed by atoms with Crippen molar-refractivity contribution in [3.05, 3.63) is 41.4 Å². The van der Waals surface area contributed by atoms with E-state index in [1.54, 1.807) is 36.4 Å². The fourth-order valence-electron chi connectivity index (χ4n) is 2.61. The number of ether oxygens (including phenoxy) is 3. The van der Waals surface area contributed by atoms with Crippen LogP contribution in [0.25, 0.3) is 11.4 Å². The molecule has 2 aromatic carbocycles. The lowest BCUT2D eigenvalue weighted by Gasteiger charge is -2.14. The van der Waals surface area contributed by atoms with Crippen LogP contribution in [0.4, 0.5) is 5.69 Å². The molecule has 0 aliphatic rings. The second kappa shape index (κ2) is 8.57. The molecule has 0 aliphatic carbocycles. The first-order chi connectivity index (χ1) is 13.5. The number of amides is 1. The Kier molecular flexibility index (Phi) is 5.95. The molecule has 3 rings (SSSR count). The first kappa shape index (κ1) is 19.4. The van der Waals surface area contributed by atoms with E-state index in [9.17, 15) is 4.79 Å². The van der Waals surface area contributed by atoms with Gasteiger partial charge >= 0.3 is 0 Å². The van der Waals surface area contributed by atoms with Gasteiger partial charge < -0.3 is 19.5 Å². The molecule has 1 heterocycles. The summed E-state index contributed by atoms with van der Waals surface area (Å²) >= 11 is 5.91. The highest BCUT2D eigenvalue weighted by Crippen LogP contribution is 2.39. The summed E-state index contributed by atoms with van der Waals surface area (Å²) in [5.74, 6) is 1.44. The third-order valence-electron chi connectivity index (χ3n) is 3.88. The number of tetrazole rings is 1. The molecule has 0 atom stereocenters. The Morgan fingerprint density at radius 2 is 1.71 bits per heavy atom. The van der Waals surface area contributed by atoms with E-state index in [0.29, 0.717) is 33.8 Å². The van der Waals surface area contributed by atoms with E-state index < -0.39 is 0 Å². The van der Waals surface area contributed by atoms with Gasteiger partial charge in [-0.3, -0.25) is 4.79 Å². The first-order valence-electron chi connectivity index (χ1n) is 8.17. The number of carbonyl (C=O) groups excluding carboxylic acids is 1. The van der Waals surface area contributed by atoms with Crippen molar-refractivity contribution in [1.29, 1.82) is 0 Å². The number of rotatable bonds is 7. The van der Waals surface area contributed by atoms with E-state index in [-0.39, 0.29) is 12.5 Å². The normalized spacial score (nSPS) is 10.4. The van der Waals surface area contributed by atoms with Crippen LogP contribution in [0.2, 0.25) is 5.02 Å². The minimum atomic E-state index is -0.322. The number of halogens is 1. The van der Waals surface area contributed by atoms with Gasteiger partial charge in [0.25, 0.3) is 0 Å². The Labute approximate surface area is 166 Å². The number of carbonyl (C=O) groups is 1. The van der Waals surface area contributed by atoms with Crippen LogP contribution in [0, 0.1) is 0 Å². The van der Waals surface area contributed by atoms with Crippen LogP contribution in [0.3, 0.4) is 0 Å². The molecule has 3 aromatic rings. The van der Waals surface area contributed by atoms with Crippen LogP contribution in [-0.4, -0.2) is 47.4 Å². The van der Waals surface area contributed by atoms with Crippen molar-refractivity contribution in [2.24, 2.45) is 0 Å². The van der Waals surface area contributed by atoms with Gasteiger partial charge in [-0.1, -0.05) is 11.6 Å². The number of nitrogens with one attached hydrogen (secondary N) is 1. The lowest BCUT2D eigenvalue weighted by molar-refractivity contribution is -0.116. The minimum absolute atomic E-state index is 0.0817. The van der Waals surface area contributed by atoms with Gasteiger partial charge in [-0.25, -0.2) is 4.68 Å². The molecular weight excluding hydrogens is 386 g/mol. The van der Waals surface area contributed by atoms with Gasteiger partial charge in [-0.2, -0.15) is 0 Å². The number of benzene rings is 2. The predicted molar refractivity (Wildman–Crippen MR) is 103 cm³/mol. The molecule has 10 heteroatoms. The maximum absolute atomic E-state index is 12.5. The third-order valence-corrected chi connectivity index (χ3v) is 4.13. The molecule has 1 amide bonds. The first-order valence-corrected chi connectivity index (χ1v) is 8.55. The largest absolute Gasteiger partial charge is 0.493 e. The van der Waals surface area contributed by atoms with Gasteiger partial charge in [0.1, 0.15) is 6.54 Å². The van der Waals surface area contributed by atoms with Crippen molar-refractivity contribution in [1.82, 2.24) is 20.2 Å². The number of anilines is 1. The lowest BCUT2D eigenvalue weighted by Crippen LogP contribution is -2.20. The van der Waals surface area contributed by atoms with Crippen molar-refractivity contribution in [2.45, 2.75) is 6.54 Å². The molecule has 0 bridgehead atoms. The molecule has 0 saturated carbocycles. The standard InChI is InChI=1S/C18H18ClN5O4/c1-26-14-8-13(9-15(27-2)17(14)28-3)20-16(25)10-24-18(21-22-23-24)11-4-6-12(19)7-5-11/h4-9H,10H2,1-3H3,(H,20,25). The summed E-state index contributed by atoms with van der Waals surface area (Å²) in [4.78, 5) is 12.5. The Hall–Kier alpha value is -3.33. The molecule has 28 heavy (non-hydrogen) atoms. The Morgan fingerprint density at radius 3 is 2.29 bits per heavy atom. The Morgan fingerprint density at radius 1 is 1.07 bits per heavy atom. The molecular formula is C18H18ClN5O4. The number of hydrogen-bond donors (Lipinski definition) is 1. The van der Waals surface area contributed by atoms with Crippen molar-refractivity contribution in [2.75, 3.05) is 26.6 Å². The van der Waals surface area contributed by atoms with Crippen LogP contribution >= 0.6 is 11.6 Å². The van der Waals surface area contributed by atoms with Gasteiger partial charge in [-0.05, 0) is 34.7 Å². The molecule has 0 aliphatic heterocycles. The second-order valence-corrected chi connectivity index (χ2v) is 6.07. The van der Waals surface area contributed by atoms with Crippen molar-refractivity contribution in [3.8, 4) is 28.6 Å². The molecule has 1 aromatic heterocycles. The SMILES string of the molecule is COc1cc(NC(=O)Cn2nnnc2-c2ccc(Cl)cc2)cc(OC)c1OC. The van der Waals surface area contributed by atoms with E-state index >= 15 is 0 Å². The van der Waals surface area contributed by atoms with E-state index in [2.05, 4.69) is 20.8 Å². The third kappa shape index (κ3) is 4.15. The summed E-state index contributed by atoms with van der Waals surface area (Å²) in [5.41, 5.74) is 1.23. The smallest absolute Gasteiger partial charge is 0.246 e. The minimum Gasteiger partial charge on any atom is -0.493 e. The van der Waals surface area contributed by atoms with Crippen molar-refractivity contribution < 1.29 is 19.0 Å². The molecule has 0 radical (unpaired) electrons. The molecule has 9 nitrogen and oxygen atoms in total. The number of nitrogens with zero attached hydrogens (tertiary/aromatic N) is 4. The number of aromatic nitrogens is 4. The van der Waals surface area contributed by atoms with Gasteiger partial charge in [0, 0.05) is 28.4 Å². The van der Waals surface area contributed by atoms with Gasteiger partial charge in [0.15, 0.2) is 17.3 Å². The highest BCUT2D eigenvalue weighted by molar-refractivity contribution is 6.30. The Bertz CT molecular complexity index is 949. The van der Waals surface area contributed by atoms with Crippen LogP contribution < -0.4 is 19.5 Å². The lowest BCUT2D eigenvalue weighted by atomic mass is 10.2. The van der Waals surface area contributed by atoms with Crippen LogP contribution in [0.1, 0.15) is 0 Å². The van der Waals surface area contributed by atoms with Crippen LogP contribution in [0.15, 0.2) is 36.4 Å². The highest BCUT2D eigenvalue weighted by Gasteiger charge is 2.16. The summed E-state index contributed by atoms with van der Waals surface area (Å²) in [7, 11) is 4.51. The van der Waals surface area contributed by atoms with Crippen molar-refractivity contribution in [3.63, 3.8) is 0 Å². The molecule has 0 spiro atoms. The fraction of sp³-hybridized carbons (Fsp3) is 0.222. The van der Waals surface area contributed by atoms with Crippen molar-refractivity contribution >= 4 is 23.2 Å². The summed E-state index contributed by atoms with van der Waals surface area (Å²) in [5, 5.41) is 14.9. The summed E-state index contributed by atoms with van der Waals surface area (Å²) in [6, 6.07) is 10.3. The van der Waals surface area contributed by atoms with Crippen LogP contribution in [-0.2, 0) is 11.3 Å². The zero-order chi connectivity index (χ0) is 20.1. The molecule has 146 valence electrons. The average Bonchev–Trinajstić information content (AvgIpc) is 3.15. The molecule has 0 saturated heterocycles. The van der Waals surface area contributed by atoms with Gasteiger partial charge in [0.2, 0.25) is 11.7 Å². The predicted octanol–water partition coefficient (Wildman–Crippen LogP) is 2.66. The fourth-order valence-corrected chi connectivity index (χ4v) is 2.73. The van der Waals surface area contributed by atoms with E-state index in [1.807, 2.05) is 0 Å². The summed E-state index contributed by atoms with van der Waals surface area (Å²) in [6.07, 6.45) is 0. The second-order valence-electron chi connectivity index (χ2n) is 5.63. The maximum atomic E-state index is 12.5. The molecule has 0 fully saturated rings. The monoisotopic (exact) mass is 403 g/mol. The summed E-state index contributed by atoms with van der Waals surface area (Å²) < 4.78 is 17.3. The highest BCUT2D eigenvalue weighted by atomic mass is 35.5. The Balaban J connectivity index is 1.79. The average molecular weight is 404 g/mol. The zero-order valence-electron chi connectivity index (χ0n) is 15.5. The topological polar surface area (TPSA) is 100 Å². The molecule has 0 unspecified atom stereocenters. The zero-order valence-corrected chi connectivity index (χ0v) is 16.2. The quantitative estimate of drug-likeness (QED) is 0.647. The van der Waals surface area contributed by atoms with Gasteiger partial charge in [-0.15, -0.1) is 5.10 Å². The van der Waals surface area contributed by atoms with E-state index in [1.165, 1.54) is 26.0 Å². The van der Waals surface area contributed by atoms with E-state index in [4.69, 9.17) is 25.8 Å². The van der Waals surface area contributed by atoms with Gasteiger partial charge in [0.05, 0.1) is 21.3 Å². The van der Waals surface area contributed by atoms with Crippen LogP contribution in [0.5, 0.6) is 17.2 Å². The van der Waals surface area contributed by atoms with E-state index in [0.717, 1.165) is 5.56 Å².